The summed E-state index contributed by atoms with van der Waals surface area (Å²) >= 11 is 0. The molecule has 1 N–H and O–H groups in total. The fourth-order valence-electron chi connectivity index (χ4n) is 4.16. The number of rotatable bonds is 9. The van der Waals surface area contributed by atoms with Gasteiger partial charge in [-0.1, -0.05) is 6.07 Å². The van der Waals surface area contributed by atoms with Crippen LogP contribution in [0, 0.1) is 6.92 Å². The smallest absolute Gasteiger partial charge is 0.251 e. The van der Waals surface area contributed by atoms with E-state index in [2.05, 4.69) is 5.32 Å². The molecule has 2 aliphatic rings. The Morgan fingerprint density at radius 2 is 1.47 bits per heavy atom. The number of nitrogens with one attached hydrogen (secondary N) is 1. The summed E-state index contributed by atoms with van der Waals surface area (Å²) in [6.45, 7) is 4.50. The van der Waals surface area contributed by atoms with Crippen molar-refractivity contribution in [1.82, 2.24) is 13.9 Å². The number of carbonyl (C=O) groups is 1. The van der Waals surface area contributed by atoms with Gasteiger partial charge in [0, 0.05) is 31.7 Å². The molecule has 0 aliphatic carbocycles. The lowest BCUT2D eigenvalue weighted by Gasteiger charge is -2.26. The summed E-state index contributed by atoms with van der Waals surface area (Å²) in [6, 6.07) is 10.7. The average Bonchev–Trinajstić information content (AvgIpc) is 3.44. The zero-order chi connectivity index (χ0) is 25.8. The number of aryl methyl sites for hydroxylation is 1. The Bertz CT molecular complexity index is 1280. The quantitative estimate of drug-likeness (QED) is 0.482. The third-order valence-corrected chi connectivity index (χ3v) is 10.1. The van der Waals surface area contributed by atoms with Gasteiger partial charge in [-0.2, -0.15) is 8.61 Å². The SMILES string of the molecule is Cc1ccc(S(=O)(=O)N2CCCC2)cc1C(=O)NCCOc1ccc(S(=O)(=O)N2CCOCC2)cc1. The molecule has 36 heavy (non-hydrogen) atoms. The monoisotopic (exact) mass is 537 g/mol. The molecular weight excluding hydrogens is 506 g/mol. The van der Waals surface area contributed by atoms with Crippen molar-refractivity contribution >= 4 is 26.0 Å². The van der Waals surface area contributed by atoms with Gasteiger partial charge in [0.25, 0.3) is 5.91 Å². The molecule has 2 heterocycles. The molecule has 10 nitrogen and oxygen atoms in total. The summed E-state index contributed by atoms with van der Waals surface area (Å²) in [7, 11) is -7.19. The van der Waals surface area contributed by atoms with Gasteiger partial charge in [-0.3, -0.25) is 4.79 Å². The summed E-state index contributed by atoms with van der Waals surface area (Å²) in [5, 5.41) is 2.75. The molecule has 0 aromatic heterocycles. The first-order chi connectivity index (χ1) is 17.2. The van der Waals surface area contributed by atoms with E-state index in [0.717, 1.165) is 12.8 Å². The van der Waals surface area contributed by atoms with Crippen LogP contribution in [-0.4, -0.2) is 83.9 Å². The molecular formula is C24H31N3O7S2. The Morgan fingerprint density at radius 3 is 2.14 bits per heavy atom. The van der Waals surface area contributed by atoms with Crippen LogP contribution in [0.2, 0.25) is 0 Å². The van der Waals surface area contributed by atoms with E-state index in [1.807, 2.05) is 0 Å². The Morgan fingerprint density at radius 1 is 0.889 bits per heavy atom. The second kappa shape index (κ2) is 11.3. The van der Waals surface area contributed by atoms with E-state index < -0.39 is 20.0 Å². The fourth-order valence-corrected chi connectivity index (χ4v) is 7.11. The number of nitrogens with zero attached hydrogens (tertiary/aromatic N) is 2. The highest BCUT2D eigenvalue weighted by Crippen LogP contribution is 2.23. The molecule has 0 saturated carbocycles. The van der Waals surface area contributed by atoms with Crippen molar-refractivity contribution in [2.24, 2.45) is 0 Å². The largest absolute Gasteiger partial charge is 0.492 e. The average molecular weight is 538 g/mol. The molecule has 2 aromatic carbocycles. The summed E-state index contributed by atoms with van der Waals surface area (Å²) in [5.41, 5.74) is 0.971. The number of hydrogen-bond acceptors (Lipinski definition) is 7. The van der Waals surface area contributed by atoms with Gasteiger partial charge >= 0.3 is 0 Å². The molecule has 12 heteroatoms. The van der Waals surface area contributed by atoms with E-state index in [-0.39, 0.29) is 28.8 Å². The predicted molar refractivity (Wildman–Crippen MR) is 133 cm³/mol. The van der Waals surface area contributed by atoms with E-state index in [0.29, 0.717) is 56.3 Å². The van der Waals surface area contributed by atoms with Gasteiger partial charge in [-0.25, -0.2) is 16.8 Å². The minimum absolute atomic E-state index is 0.114. The molecule has 196 valence electrons. The first-order valence-corrected chi connectivity index (χ1v) is 14.8. The zero-order valence-corrected chi connectivity index (χ0v) is 21.8. The van der Waals surface area contributed by atoms with Crippen LogP contribution in [0.3, 0.4) is 0 Å². The zero-order valence-electron chi connectivity index (χ0n) is 20.2. The van der Waals surface area contributed by atoms with Crippen molar-refractivity contribution in [3.63, 3.8) is 0 Å². The molecule has 2 fully saturated rings. The second-order valence-electron chi connectivity index (χ2n) is 8.68. The van der Waals surface area contributed by atoms with Crippen LogP contribution in [0.15, 0.2) is 52.3 Å². The van der Waals surface area contributed by atoms with Gasteiger partial charge in [-0.05, 0) is 61.7 Å². The van der Waals surface area contributed by atoms with Crippen molar-refractivity contribution < 1.29 is 31.1 Å². The van der Waals surface area contributed by atoms with Gasteiger partial charge in [0.05, 0.1) is 29.5 Å². The maximum atomic E-state index is 12.8. The third-order valence-electron chi connectivity index (χ3n) is 6.24. The first kappa shape index (κ1) is 26.6. The topological polar surface area (TPSA) is 122 Å². The molecule has 2 aromatic rings. The van der Waals surface area contributed by atoms with Crippen molar-refractivity contribution in [3.05, 3.63) is 53.6 Å². The van der Waals surface area contributed by atoms with Crippen LogP contribution in [0.25, 0.3) is 0 Å². The maximum absolute atomic E-state index is 12.8. The minimum Gasteiger partial charge on any atom is -0.492 e. The molecule has 0 bridgehead atoms. The normalized spacial score (nSPS) is 17.7. The number of sulfonamides is 2. The first-order valence-electron chi connectivity index (χ1n) is 11.9. The summed E-state index contributed by atoms with van der Waals surface area (Å²) in [4.78, 5) is 13.0. The molecule has 2 saturated heterocycles. The van der Waals surface area contributed by atoms with Gasteiger partial charge < -0.3 is 14.8 Å². The Labute approximate surface area is 212 Å². The Balaban J connectivity index is 1.31. The van der Waals surface area contributed by atoms with Gasteiger partial charge in [0.1, 0.15) is 12.4 Å². The minimum atomic E-state index is -3.62. The fraction of sp³-hybridized carbons (Fsp3) is 0.458. The van der Waals surface area contributed by atoms with Gasteiger partial charge in [0.2, 0.25) is 20.0 Å². The molecule has 0 atom stereocenters. The van der Waals surface area contributed by atoms with Crippen LogP contribution < -0.4 is 10.1 Å². The lowest BCUT2D eigenvalue weighted by atomic mass is 10.1. The number of benzene rings is 2. The third kappa shape index (κ3) is 5.89. The predicted octanol–water partition coefficient (Wildman–Crippen LogP) is 1.61. The number of ether oxygens (including phenoxy) is 2. The molecule has 0 spiro atoms. The highest BCUT2D eigenvalue weighted by molar-refractivity contribution is 7.89. The maximum Gasteiger partial charge on any atom is 0.251 e. The Hall–Kier alpha value is -2.51. The second-order valence-corrected chi connectivity index (χ2v) is 12.6. The van der Waals surface area contributed by atoms with E-state index in [1.165, 1.54) is 32.9 Å². The van der Waals surface area contributed by atoms with Crippen LogP contribution in [0.4, 0.5) is 0 Å². The molecule has 2 aliphatic heterocycles. The van der Waals surface area contributed by atoms with Crippen molar-refractivity contribution in [2.45, 2.75) is 29.6 Å². The van der Waals surface area contributed by atoms with E-state index in [4.69, 9.17) is 9.47 Å². The Kier molecular flexibility index (Phi) is 8.30. The molecule has 0 radical (unpaired) electrons. The number of carbonyl (C=O) groups excluding carboxylic acids is 1. The van der Waals surface area contributed by atoms with Gasteiger partial charge in [0.15, 0.2) is 0 Å². The van der Waals surface area contributed by atoms with Crippen molar-refractivity contribution in [1.29, 1.82) is 0 Å². The number of morpholine rings is 1. The lowest BCUT2D eigenvalue weighted by Crippen LogP contribution is -2.40. The highest BCUT2D eigenvalue weighted by atomic mass is 32.2. The van der Waals surface area contributed by atoms with Crippen LogP contribution >= 0.6 is 0 Å². The number of amides is 1. The summed E-state index contributed by atoms with van der Waals surface area (Å²) < 4.78 is 64.8. The van der Waals surface area contributed by atoms with Crippen LogP contribution in [0.1, 0.15) is 28.8 Å². The summed E-state index contributed by atoms with van der Waals surface area (Å²) in [5.74, 6) is 0.0848. The summed E-state index contributed by atoms with van der Waals surface area (Å²) in [6.07, 6.45) is 1.68. The lowest BCUT2D eigenvalue weighted by molar-refractivity contribution is 0.0730. The van der Waals surface area contributed by atoms with Crippen LogP contribution in [-0.2, 0) is 24.8 Å². The van der Waals surface area contributed by atoms with Crippen molar-refractivity contribution in [2.75, 3.05) is 52.5 Å². The molecule has 4 rings (SSSR count). The van der Waals surface area contributed by atoms with E-state index in [9.17, 15) is 21.6 Å². The van der Waals surface area contributed by atoms with Crippen molar-refractivity contribution in [3.8, 4) is 5.75 Å². The standard InChI is InChI=1S/C24H31N3O7S2/c1-19-4-7-22(36(31,32)26-11-2-3-12-26)18-23(19)24(28)25-10-15-34-20-5-8-21(9-6-20)35(29,30)27-13-16-33-17-14-27/h4-9,18H,2-3,10-17H2,1H3,(H,25,28). The van der Waals surface area contributed by atoms with E-state index in [1.54, 1.807) is 25.1 Å². The molecule has 1 amide bonds. The molecule has 0 unspecified atom stereocenters. The highest BCUT2D eigenvalue weighted by Gasteiger charge is 2.28. The van der Waals surface area contributed by atoms with Crippen LogP contribution in [0.5, 0.6) is 5.75 Å². The number of hydrogen-bond donors (Lipinski definition) is 1. The van der Waals surface area contributed by atoms with E-state index >= 15 is 0 Å². The van der Waals surface area contributed by atoms with Gasteiger partial charge in [-0.15, -0.1) is 0 Å².